The predicted octanol–water partition coefficient (Wildman–Crippen LogP) is 2.95. The predicted molar refractivity (Wildman–Crippen MR) is 86.4 cm³/mol. The summed E-state index contributed by atoms with van der Waals surface area (Å²) in [6.45, 7) is 5.12. The van der Waals surface area contributed by atoms with E-state index in [9.17, 15) is 8.42 Å². The molecule has 1 aromatic carbocycles. The van der Waals surface area contributed by atoms with Gasteiger partial charge in [-0.25, -0.2) is 13.1 Å². The molecule has 0 aliphatic rings. The molecule has 6 heteroatoms. The molecule has 114 valence electrons. The van der Waals surface area contributed by atoms with Crippen LogP contribution in [-0.4, -0.2) is 22.0 Å². The Morgan fingerprint density at radius 1 is 1.25 bits per heavy atom. The Balaban J connectivity index is 2.98. The fourth-order valence-electron chi connectivity index (χ4n) is 1.97. The van der Waals surface area contributed by atoms with E-state index in [4.69, 9.17) is 0 Å². The van der Waals surface area contributed by atoms with Gasteiger partial charge in [0.05, 0.1) is 4.90 Å². The number of unbranched alkanes of at least 4 members (excludes halogenated alkanes) is 2. The molecule has 4 nitrogen and oxygen atoms in total. The minimum atomic E-state index is -3.46. The van der Waals surface area contributed by atoms with Crippen LogP contribution in [0.3, 0.4) is 0 Å². The summed E-state index contributed by atoms with van der Waals surface area (Å²) in [4.78, 5) is 0.319. The second-order valence-corrected chi connectivity index (χ2v) is 7.39. The van der Waals surface area contributed by atoms with Crippen LogP contribution >= 0.6 is 15.9 Å². The number of hydrogen-bond donors (Lipinski definition) is 2. The van der Waals surface area contributed by atoms with E-state index < -0.39 is 10.0 Å². The van der Waals surface area contributed by atoms with E-state index in [1.54, 1.807) is 6.07 Å². The second kappa shape index (κ2) is 8.12. The quantitative estimate of drug-likeness (QED) is 0.699. The Bertz CT molecular complexity index is 544. The highest BCUT2D eigenvalue weighted by Crippen LogP contribution is 2.27. The van der Waals surface area contributed by atoms with Gasteiger partial charge in [0.2, 0.25) is 10.0 Å². The molecule has 0 fully saturated rings. The maximum atomic E-state index is 12.4. The van der Waals surface area contributed by atoms with E-state index in [1.807, 2.05) is 20.0 Å². The molecule has 0 saturated heterocycles. The van der Waals surface area contributed by atoms with Gasteiger partial charge >= 0.3 is 0 Å². The summed E-state index contributed by atoms with van der Waals surface area (Å²) >= 11 is 3.38. The van der Waals surface area contributed by atoms with Crippen LogP contribution in [-0.2, 0) is 16.6 Å². The van der Waals surface area contributed by atoms with E-state index in [0.717, 1.165) is 30.4 Å². The average molecular weight is 363 g/mol. The number of hydrogen-bond acceptors (Lipinski definition) is 3. The topological polar surface area (TPSA) is 58.2 Å². The molecule has 0 radical (unpaired) electrons. The van der Waals surface area contributed by atoms with Crippen molar-refractivity contribution >= 4 is 26.0 Å². The van der Waals surface area contributed by atoms with E-state index in [2.05, 4.69) is 32.9 Å². The summed E-state index contributed by atoms with van der Waals surface area (Å²) in [5.74, 6) is 0. The summed E-state index contributed by atoms with van der Waals surface area (Å²) in [5, 5.41) is 3.04. The number of halogens is 1. The first-order chi connectivity index (χ1) is 9.42. The molecule has 0 unspecified atom stereocenters. The van der Waals surface area contributed by atoms with Crippen molar-refractivity contribution in [3.63, 3.8) is 0 Å². The molecule has 20 heavy (non-hydrogen) atoms. The third-order valence-electron chi connectivity index (χ3n) is 3.02. The number of nitrogens with one attached hydrogen (secondary N) is 2. The van der Waals surface area contributed by atoms with Crippen molar-refractivity contribution in [2.24, 2.45) is 0 Å². The summed E-state index contributed by atoms with van der Waals surface area (Å²) in [6, 6.07) is 3.70. The normalized spacial score (nSPS) is 11.8. The zero-order chi connectivity index (χ0) is 15.2. The lowest BCUT2D eigenvalue weighted by molar-refractivity contribution is 0.575. The second-order valence-electron chi connectivity index (χ2n) is 4.86. The van der Waals surface area contributed by atoms with Crippen LogP contribution in [0.1, 0.15) is 37.3 Å². The lowest BCUT2D eigenvalue weighted by atomic mass is 10.1. The molecule has 0 atom stereocenters. The van der Waals surface area contributed by atoms with Crippen LogP contribution in [0.2, 0.25) is 0 Å². The van der Waals surface area contributed by atoms with Crippen molar-refractivity contribution in [1.29, 1.82) is 0 Å². The number of sulfonamides is 1. The van der Waals surface area contributed by atoms with Crippen molar-refractivity contribution in [3.05, 3.63) is 27.7 Å². The van der Waals surface area contributed by atoms with Gasteiger partial charge < -0.3 is 5.32 Å². The highest BCUT2D eigenvalue weighted by atomic mass is 79.9. The molecule has 0 aliphatic carbocycles. The van der Waals surface area contributed by atoms with Gasteiger partial charge in [-0.3, -0.25) is 0 Å². The van der Waals surface area contributed by atoms with Crippen LogP contribution in [0.15, 0.2) is 21.5 Å². The molecule has 0 amide bonds. The van der Waals surface area contributed by atoms with Gasteiger partial charge in [0.1, 0.15) is 0 Å². The van der Waals surface area contributed by atoms with Gasteiger partial charge in [0.25, 0.3) is 0 Å². The number of aryl methyl sites for hydroxylation is 1. The molecule has 0 heterocycles. The zero-order valence-electron chi connectivity index (χ0n) is 12.3. The van der Waals surface area contributed by atoms with Gasteiger partial charge in [-0.2, -0.15) is 0 Å². The maximum absolute atomic E-state index is 12.4. The fourth-order valence-corrected chi connectivity index (χ4v) is 4.11. The van der Waals surface area contributed by atoms with Crippen molar-refractivity contribution < 1.29 is 8.42 Å². The van der Waals surface area contributed by atoms with Crippen LogP contribution in [0, 0.1) is 6.92 Å². The van der Waals surface area contributed by atoms with Crippen molar-refractivity contribution in [2.75, 3.05) is 13.6 Å². The molecule has 0 aromatic heterocycles. The number of rotatable bonds is 8. The van der Waals surface area contributed by atoms with Gasteiger partial charge in [0.15, 0.2) is 0 Å². The van der Waals surface area contributed by atoms with E-state index in [-0.39, 0.29) is 0 Å². The zero-order valence-corrected chi connectivity index (χ0v) is 14.7. The Labute approximate surface area is 130 Å². The van der Waals surface area contributed by atoms with Crippen LogP contribution < -0.4 is 10.0 Å². The molecular formula is C14H23BrN2O2S. The monoisotopic (exact) mass is 362 g/mol. The van der Waals surface area contributed by atoms with Crippen LogP contribution in [0.25, 0.3) is 0 Å². The van der Waals surface area contributed by atoms with Gasteiger partial charge in [-0.15, -0.1) is 0 Å². The maximum Gasteiger partial charge on any atom is 0.241 e. The van der Waals surface area contributed by atoms with Gasteiger partial charge in [-0.1, -0.05) is 25.8 Å². The molecule has 1 rings (SSSR count). The highest BCUT2D eigenvalue weighted by Gasteiger charge is 2.19. The largest absolute Gasteiger partial charge is 0.316 e. The van der Waals surface area contributed by atoms with E-state index in [1.165, 1.54) is 0 Å². The van der Waals surface area contributed by atoms with Gasteiger partial charge in [0, 0.05) is 17.6 Å². The molecule has 0 bridgehead atoms. The third-order valence-corrected chi connectivity index (χ3v) is 5.82. The van der Waals surface area contributed by atoms with Gasteiger partial charge in [-0.05, 0) is 53.5 Å². The first-order valence-electron chi connectivity index (χ1n) is 6.85. The van der Waals surface area contributed by atoms with Crippen LogP contribution in [0.5, 0.6) is 0 Å². The summed E-state index contributed by atoms with van der Waals surface area (Å²) < 4.78 is 28.0. The lowest BCUT2D eigenvalue weighted by Gasteiger charge is -2.12. The summed E-state index contributed by atoms with van der Waals surface area (Å²) in [5.41, 5.74) is 1.88. The van der Waals surface area contributed by atoms with Crippen molar-refractivity contribution in [3.8, 4) is 0 Å². The third kappa shape index (κ3) is 4.84. The first kappa shape index (κ1) is 17.6. The minimum Gasteiger partial charge on any atom is -0.316 e. The Hall–Kier alpha value is -0.430. The Kier molecular flexibility index (Phi) is 7.15. The molecule has 0 aliphatic heterocycles. The fraction of sp³-hybridized carbons (Fsp3) is 0.571. The smallest absolute Gasteiger partial charge is 0.241 e. The highest BCUT2D eigenvalue weighted by molar-refractivity contribution is 9.10. The Morgan fingerprint density at radius 3 is 2.55 bits per heavy atom. The molecule has 1 aromatic rings. The summed E-state index contributed by atoms with van der Waals surface area (Å²) in [7, 11) is -1.62. The van der Waals surface area contributed by atoms with E-state index in [0.29, 0.717) is 22.5 Å². The summed E-state index contributed by atoms with van der Waals surface area (Å²) in [6.07, 6.45) is 2.97. The SMILES string of the molecule is CCCCCNS(=O)(=O)c1cc(CNC)cc(C)c1Br. The first-order valence-corrected chi connectivity index (χ1v) is 9.13. The minimum absolute atomic E-state index is 0.319. The lowest BCUT2D eigenvalue weighted by Crippen LogP contribution is -2.25. The molecule has 0 spiro atoms. The molecule has 0 saturated carbocycles. The van der Waals surface area contributed by atoms with Crippen molar-refractivity contribution in [1.82, 2.24) is 10.0 Å². The van der Waals surface area contributed by atoms with Crippen LogP contribution in [0.4, 0.5) is 0 Å². The average Bonchev–Trinajstić information content (AvgIpc) is 2.39. The Morgan fingerprint density at radius 2 is 1.95 bits per heavy atom. The van der Waals surface area contributed by atoms with E-state index >= 15 is 0 Å². The number of benzene rings is 1. The standard InChI is InChI=1S/C14H23BrN2O2S/c1-4-5-6-7-17-20(18,19)13-9-12(10-16-3)8-11(2)14(13)15/h8-9,16-17H,4-7,10H2,1-3H3. The van der Waals surface area contributed by atoms with Crippen molar-refractivity contribution in [2.45, 2.75) is 44.6 Å². The molecular weight excluding hydrogens is 340 g/mol. The molecule has 2 N–H and O–H groups in total.